The number of rotatable bonds is 5. The van der Waals surface area contributed by atoms with Gasteiger partial charge in [-0.15, -0.1) is 12.4 Å². The Morgan fingerprint density at radius 3 is 2.45 bits per heavy atom. The molecule has 0 saturated carbocycles. The third-order valence-electron chi connectivity index (χ3n) is 4.04. The molecular weight excluding hydrogens is 322 g/mol. The molecule has 1 fully saturated rings. The van der Waals surface area contributed by atoms with Crippen molar-refractivity contribution >= 4 is 22.4 Å². The van der Waals surface area contributed by atoms with E-state index < -0.39 is 10.0 Å². The fraction of sp³-hybridized carbons (Fsp3) is 0.600. The Kier molecular flexibility index (Phi) is 7.28. The first-order chi connectivity index (χ1) is 9.93. The van der Waals surface area contributed by atoms with E-state index in [-0.39, 0.29) is 12.4 Å². The number of piperidine rings is 1. The van der Waals surface area contributed by atoms with Gasteiger partial charge in [-0.05, 0) is 49.5 Å². The van der Waals surface area contributed by atoms with Crippen LogP contribution in [0.2, 0.25) is 0 Å². The fourth-order valence-corrected chi connectivity index (χ4v) is 3.62. The summed E-state index contributed by atoms with van der Waals surface area (Å²) in [7, 11) is -0.245. The van der Waals surface area contributed by atoms with Crippen LogP contribution in [0.5, 0.6) is 0 Å². The first kappa shape index (κ1) is 19.4. The number of hydrogen-bond acceptors (Lipinski definition) is 4. The number of hydrogen-bond donors (Lipinski definition) is 1. The number of benzene rings is 1. The summed E-state index contributed by atoms with van der Waals surface area (Å²) in [5.74, 6) is 0.590. The van der Waals surface area contributed by atoms with Crippen LogP contribution in [-0.4, -0.2) is 51.4 Å². The number of nitrogens with two attached hydrogens (primary N) is 1. The first-order valence-electron chi connectivity index (χ1n) is 7.37. The van der Waals surface area contributed by atoms with Crippen molar-refractivity contribution in [2.75, 3.05) is 33.7 Å². The minimum atomic E-state index is -3.34. The predicted molar refractivity (Wildman–Crippen MR) is 91.6 cm³/mol. The largest absolute Gasteiger partial charge is 0.330 e. The molecule has 1 atom stereocenters. The van der Waals surface area contributed by atoms with E-state index in [9.17, 15) is 8.42 Å². The Bertz CT molecular complexity index is 561. The van der Waals surface area contributed by atoms with Gasteiger partial charge in [-0.1, -0.05) is 12.1 Å². The lowest BCUT2D eigenvalue weighted by molar-refractivity contribution is 0.171. The molecule has 1 aliphatic rings. The highest BCUT2D eigenvalue weighted by atomic mass is 35.5. The van der Waals surface area contributed by atoms with Crippen LogP contribution in [-0.2, 0) is 16.6 Å². The van der Waals surface area contributed by atoms with Gasteiger partial charge in [0, 0.05) is 27.2 Å². The van der Waals surface area contributed by atoms with Crippen LogP contribution < -0.4 is 5.73 Å². The summed E-state index contributed by atoms with van der Waals surface area (Å²) in [6, 6.07) is 7.19. The van der Waals surface area contributed by atoms with Crippen molar-refractivity contribution in [3.8, 4) is 0 Å². The van der Waals surface area contributed by atoms with Crippen LogP contribution >= 0.6 is 12.4 Å². The molecule has 126 valence electrons. The third-order valence-corrected chi connectivity index (χ3v) is 5.87. The van der Waals surface area contributed by atoms with E-state index in [1.165, 1.54) is 17.1 Å². The number of halogens is 1. The topological polar surface area (TPSA) is 66.6 Å². The molecule has 2 N–H and O–H groups in total. The van der Waals surface area contributed by atoms with Gasteiger partial charge in [-0.25, -0.2) is 12.7 Å². The van der Waals surface area contributed by atoms with E-state index in [1.807, 2.05) is 12.1 Å². The molecule has 1 unspecified atom stereocenters. The fourth-order valence-electron chi connectivity index (χ4n) is 2.72. The lowest BCUT2D eigenvalue weighted by atomic mass is 9.98. The Balaban J connectivity index is 0.00000242. The van der Waals surface area contributed by atoms with Gasteiger partial charge >= 0.3 is 0 Å². The molecule has 2 rings (SSSR count). The lowest BCUT2D eigenvalue weighted by Crippen LogP contribution is -2.37. The van der Waals surface area contributed by atoms with Crippen molar-refractivity contribution in [2.45, 2.75) is 24.3 Å². The number of likely N-dealkylation sites (tertiary alicyclic amines) is 1. The SMILES string of the molecule is CN(C)S(=O)(=O)c1ccc(CN2CCCC(CN)C2)cc1.Cl. The zero-order valence-corrected chi connectivity index (χ0v) is 14.9. The molecule has 7 heteroatoms. The van der Waals surface area contributed by atoms with Crippen molar-refractivity contribution in [3.05, 3.63) is 29.8 Å². The summed E-state index contributed by atoms with van der Waals surface area (Å²) in [5.41, 5.74) is 6.90. The summed E-state index contributed by atoms with van der Waals surface area (Å²) in [4.78, 5) is 2.74. The molecule has 1 saturated heterocycles. The second-order valence-corrected chi connectivity index (χ2v) is 8.06. The highest BCUT2D eigenvalue weighted by Gasteiger charge is 2.20. The van der Waals surface area contributed by atoms with Crippen LogP contribution in [0.1, 0.15) is 18.4 Å². The smallest absolute Gasteiger partial charge is 0.242 e. The minimum absolute atomic E-state index is 0. The summed E-state index contributed by atoms with van der Waals surface area (Å²) in [6.07, 6.45) is 2.40. The Morgan fingerprint density at radius 2 is 1.91 bits per heavy atom. The molecule has 1 aromatic carbocycles. The molecule has 5 nitrogen and oxygen atoms in total. The maximum Gasteiger partial charge on any atom is 0.242 e. The standard InChI is InChI=1S/C15H25N3O2S.ClH/c1-17(2)21(19,20)15-7-5-13(6-8-15)11-18-9-3-4-14(10-16)12-18;/h5-8,14H,3-4,9-12,16H2,1-2H3;1H. The zero-order chi connectivity index (χ0) is 15.5. The predicted octanol–water partition coefficient (Wildman–Crippen LogP) is 1.53. The summed E-state index contributed by atoms with van der Waals surface area (Å²) >= 11 is 0. The Hall–Kier alpha value is -0.660. The Labute approximate surface area is 139 Å². The van der Waals surface area contributed by atoms with Crippen LogP contribution in [0.15, 0.2) is 29.2 Å². The average Bonchev–Trinajstić information content (AvgIpc) is 2.48. The van der Waals surface area contributed by atoms with Crippen LogP contribution in [0.25, 0.3) is 0 Å². The summed E-state index contributed by atoms with van der Waals surface area (Å²) in [5, 5.41) is 0. The van der Waals surface area contributed by atoms with Gasteiger partial charge in [0.15, 0.2) is 0 Å². The van der Waals surface area contributed by atoms with Gasteiger partial charge in [-0.3, -0.25) is 4.90 Å². The quantitative estimate of drug-likeness (QED) is 0.877. The molecule has 1 heterocycles. The van der Waals surface area contributed by atoms with E-state index in [0.717, 1.165) is 31.7 Å². The Morgan fingerprint density at radius 1 is 1.27 bits per heavy atom. The van der Waals surface area contributed by atoms with Gasteiger partial charge in [0.1, 0.15) is 0 Å². The third kappa shape index (κ3) is 4.67. The van der Waals surface area contributed by atoms with E-state index in [2.05, 4.69) is 4.90 Å². The van der Waals surface area contributed by atoms with Gasteiger partial charge < -0.3 is 5.73 Å². The van der Waals surface area contributed by atoms with Gasteiger partial charge in [0.2, 0.25) is 10.0 Å². The van der Waals surface area contributed by atoms with Crippen LogP contribution in [0.3, 0.4) is 0 Å². The maximum absolute atomic E-state index is 12.0. The van der Waals surface area contributed by atoms with Gasteiger partial charge in [0.05, 0.1) is 4.90 Å². The molecule has 1 aromatic rings. The molecule has 22 heavy (non-hydrogen) atoms. The highest BCUT2D eigenvalue weighted by molar-refractivity contribution is 7.89. The second kappa shape index (κ2) is 8.26. The van der Waals surface area contributed by atoms with Crippen molar-refractivity contribution in [3.63, 3.8) is 0 Å². The maximum atomic E-state index is 12.0. The zero-order valence-electron chi connectivity index (χ0n) is 13.2. The van der Waals surface area contributed by atoms with Crippen molar-refractivity contribution < 1.29 is 8.42 Å². The second-order valence-electron chi connectivity index (χ2n) is 5.91. The van der Waals surface area contributed by atoms with E-state index in [4.69, 9.17) is 5.73 Å². The van der Waals surface area contributed by atoms with Gasteiger partial charge in [0.25, 0.3) is 0 Å². The van der Waals surface area contributed by atoms with Crippen molar-refractivity contribution in [1.82, 2.24) is 9.21 Å². The number of sulfonamides is 1. The monoisotopic (exact) mass is 347 g/mol. The number of nitrogens with zero attached hydrogens (tertiary/aromatic N) is 2. The lowest BCUT2D eigenvalue weighted by Gasteiger charge is -2.32. The molecular formula is C15H26ClN3O2S. The van der Waals surface area contributed by atoms with E-state index in [0.29, 0.717) is 10.8 Å². The molecule has 0 amide bonds. The molecule has 0 spiro atoms. The van der Waals surface area contributed by atoms with E-state index >= 15 is 0 Å². The van der Waals surface area contributed by atoms with Gasteiger partial charge in [-0.2, -0.15) is 0 Å². The molecule has 0 bridgehead atoms. The molecule has 0 aromatic heterocycles. The first-order valence-corrected chi connectivity index (χ1v) is 8.81. The molecule has 1 aliphatic heterocycles. The van der Waals surface area contributed by atoms with Crippen LogP contribution in [0.4, 0.5) is 0 Å². The molecule has 0 radical (unpaired) electrons. The van der Waals surface area contributed by atoms with Crippen molar-refractivity contribution in [2.24, 2.45) is 11.7 Å². The van der Waals surface area contributed by atoms with Crippen molar-refractivity contribution in [1.29, 1.82) is 0 Å². The average molecular weight is 348 g/mol. The summed E-state index contributed by atoms with van der Waals surface area (Å²) < 4.78 is 25.3. The highest BCUT2D eigenvalue weighted by Crippen LogP contribution is 2.19. The summed E-state index contributed by atoms with van der Waals surface area (Å²) in [6.45, 7) is 3.73. The van der Waals surface area contributed by atoms with Crippen LogP contribution in [0, 0.1) is 5.92 Å². The normalized spacial score (nSPS) is 19.9. The minimum Gasteiger partial charge on any atom is -0.330 e. The van der Waals surface area contributed by atoms with E-state index in [1.54, 1.807) is 26.2 Å². The molecule has 0 aliphatic carbocycles.